The maximum absolute atomic E-state index is 11.6. The first-order valence-electron chi connectivity index (χ1n) is 13.5. The number of nitrogens with zero attached hydrogens (tertiary/aromatic N) is 4. The number of ether oxygens (including phenoxy) is 1. The fourth-order valence-electron chi connectivity index (χ4n) is 5.46. The molecular weight excluding hydrogens is 559 g/mol. The number of halogens is 2. The standard InChI is InChI=1S/C32H29ClN4O3.ClH/c1-20-34-18-24(30(35-20)21-7-12-25(33)13-8-21)19-40-27-14-9-22(10-15-27)31-36-28-17-23(32(38)39)11-16-29(28)37(31)26-5-3-2-4-6-26;/h7-18,26H,2-6,19H2,1H3,(H,38,39);1H. The molecule has 2 heterocycles. The van der Waals surface area contributed by atoms with Crippen molar-refractivity contribution in [2.24, 2.45) is 0 Å². The zero-order chi connectivity index (χ0) is 27.6. The Hall–Kier alpha value is -3.94. The summed E-state index contributed by atoms with van der Waals surface area (Å²) in [6.07, 6.45) is 7.61. The van der Waals surface area contributed by atoms with Crippen LogP contribution in [-0.4, -0.2) is 30.6 Å². The van der Waals surface area contributed by atoms with Crippen LogP contribution in [0.2, 0.25) is 5.02 Å². The fraction of sp³-hybridized carbons (Fsp3) is 0.250. The molecule has 0 bridgehead atoms. The number of carboxylic acid groups (broad SMARTS) is 1. The summed E-state index contributed by atoms with van der Waals surface area (Å²) in [5.74, 6) is 1.32. The highest BCUT2D eigenvalue weighted by molar-refractivity contribution is 6.30. The van der Waals surface area contributed by atoms with Crippen LogP contribution in [0.3, 0.4) is 0 Å². The van der Waals surface area contributed by atoms with Gasteiger partial charge in [0, 0.05) is 34.0 Å². The van der Waals surface area contributed by atoms with E-state index >= 15 is 0 Å². The monoisotopic (exact) mass is 588 g/mol. The molecule has 210 valence electrons. The van der Waals surface area contributed by atoms with Crippen molar-refractivity contribution >= 4 is 41.0 Å². The third-order valence-electron chi connectivity index (χ3n) is 7.49. The number of aromatic carboxylic acids is 1. The minimum atomic E-state index is -0.949. The van der Waals surface area contributed by atoms with Crippen molar-refractivity contribution in [1.82, 2.24) is 19.5 Å². The SMILES string of the molecule is Cc1ncc(COc2ccc(-c3nc4cc(C(=O)O)ccc4n3C3CCCCC3)cc2)c(-c2ccc(Cl)cc2)n1.Cl. The van der Waals surface area contributed by atoms with Crippen molar-refractivity contribution in [3.63, 3.8) is 0 Å². The van der Waals surface area contributed by atoms with Crippen molar-refractivity contribution in [3.05, 3.63) is 94.9 Å². The highest BCUT2D eigenvalue weighted by Gasteiger charge is 2.23. The summed E-state index contributed by atoms with van der Waals surface area (Å²) >= 11 is 6.08. The van der Waals surface area contributed by atoms with E-state index in [1.807, 2.05) is 61.5 Å². The predicted molar refractivity (Wildman–Crippen MR) is 163 cm³/mol. The summed E-state index contributed by atoms with van der Waals surface area (Å²) in [7, 11) is 0. The molecule has 0 spiro atoms. The lowest BCUT2D eigenvalue weighted by molar-refractivity contribution is 0.0697. The Balaban J connectivity index is 0.00000337. The van der Waals surface area contributed by atoms with Gasteiger partial charge < -0.3 is 14.4 Å². The molecule has 0 amide bonds. The van der Waals surface area contributed by atoms with Gasteiger partial charge in [0.15, 0.2) is 0 Å². The zero-order valence-electron chi connectivity index (χ0n) is 22.6. The third kappa shape index (κ3) is 6.06. The van der Waals surface area contributed by atoms with Crippen LogP contribution < -0.4 is 4.74 Å². The second-order valence-electron chi connectivity index (χ2n) is 10.2. The molecule has 2 aromatic heterocycles. The summed E-state index contributed by atoms with van der Waals surface area (Å²) in [4.78, 5) is 25.5. The first-order valence-corrected chi connectivity index (χ1v) is 13.9. The van der Waals surface area contributed by atoms with Crippen LogP contribution in [0, 0.1) is 6.92 Å². The van der Waals surface area contributed by atoms with Gasteiger partial charge >= 0.3 is 5.97 Å². The molecule has 7 nitrogen and oxygen atoms in total. The largest absolute Gasteiger partial charge is 0.489 e. The van der Waals surface area contributed by atoms with Gasteiger partial charge in [-0.3, -0.25) is 0 Å². The van der Waals surface area contributed by atoms with Crippen molar-refractivity contribution in [3.8, 4) is 28.4 Å². The number of benzene rings is 3. The minimum Gasteiger partial charge on any atom is -0.489 e. The normalized spacial score (nSPS) is 13.6. The number of aryl methyl sites for hydroxylation is 1. The topological polar surface area (TPSA) is 90.1 Å². The molecule has 0 radical (unpaired) electrons. The summed E-state index contributed by atoms with van der Waals surface area (Å²) in [5.41, 5.74) is 5.54. The molecule has 41 heavy (non-hydrogen) atoms. The van der Waals surface area contributed by atoms with Crippen LogP contribution in [0.5, 0.6) is 5.75 Å². The smallest absolute Gasteiger partial charge is 0.335 e. The van der Waals surface area contributed by atoms with Crippen LogP contribution in [0.25, 0.3) is 33.7 Å². The van der Waals surface area contributed by atoms with Crippen molar-refractivity contribution in [2.45, 2.75) is 51.7 Å². The lowest BCUT2D eigenvalue weighted by Crippen LogP contribution is -2.14. The first-order chi connectivity index (χ1) is 19.5. The van der Waals surface area contributed by atoms with Gasteiger partial charge in [-0.05, 0) is 74.4 Å². The molecule has 0 unspecified atom stereocenters. The average molecular weight is 590 g/mol. The number of aromatic nitrogens is 4. The van der Waals surface area contributed by atoms with Crippen molar-refractivity contribution in [1.29, 1.82) is 0 Å². The van der Waals surface area contributed by atoms with Crippen molar-refractivity contribution < 1.29 is 14.6 Å². The van der Waals surface area contributed by atoms with Gasteiger partial charge in [-0.1, -0.05) is 43.0 Å². The van der Waals surface area contributed by atoms with Crippen LogP contribution in [0.15, 0.2) is 72.9 Å². The van der Waals surface area contributed by atoms with Gasteiger partial charge in [0.1, 0.15) is 24.0 Å². The number of carboxylic acids is 1. The van der Waals surface area contributed by atoms with Crippen LogP contribution >= 0.6 is 24.0 Å². The van der Waals surface area contributed by atoms with E-state index in [1.165, 1.54) is 19.3 Å². The Morgan fingerprint density at radius 3 is 2.39 bits per heavy atom. The second-order valence-corrected chi connectivity index (χ2v) is 10.7. The number of fused-ring (bicyclic) bond motifs is 1. The summed E-state index contributed by atoms with van der Waals surface area (Å²) in [5, 5.41) is 10.2. The molecule has 1 N–H and O–H groups in total. The molecular formula is C32H30Cl2N4O3. The van der Waals surface area contributed by atoms with Crippen LogP contribution in [0.1, 0.15) is 59.9 Å². The van der Waals surface area contributed by atoms with Crippen molar-refractivity contribution in [2.75, 3.05) is 0 Å². The molecule has 5 aromatic rings. The number of rotatable bonds is 7. The van der Waals surface area contributed by atoms with E-state index in [1.54, 1.807) is 18.3 Å². The number of hydrogen-bond donors (Lipinski definition) is 1. The Morgan fingerprint density at radius 2 is 1.68 bits per heavy atom. The average Bonchev–Trinajstić information content (AvgIpc) is 3.36. The molecule has 1 aliphatic rings. The van der Waals surface area contributed by atoms with E-state index in [4.69, 9.17) is 21.3 Å². The quantitative estimate of drug-likeness (QED) is 0.205. The molecule has 1 aliphatic carbocycles. The van der Waals surface area contributed by atoms with Gasteiger partial charge in [0.25, 0.3) is 0 Å². The van der Waals surface area contributed by atoms with Crippen LogP contribution in [0.4, 0.5) is 0 Å². The minimum absolute atomic E-state index is 0. The van der Waals surface area contributed by atoms with E-state index in [9.17, 15) is 9.90 Å². The zero-order valence-corrected chi connectivity index (χ0v) is 24.2. The highest BCUT2D eigenvalue weighted by Crippen LogP contribution is 2.36. The predicted octanol–water partition coefficient (Wildman–Crippen LogP) is 8.33. The van der Waals surface area contributed by atoms with Gasteiger partial charge in [-0.2, -0.15) is 0 Å². The lowest BCUT2D eigenvalue weighted by atomic mass is 9.95. The number of carbonyl (C=O) groups is 1. The van der Waals surface area contributed by atoms with E-state index < -0.39 is 5.97 Å². The summed E-state index contributed by atoms with van der Waals surface area (Å²) < 4.78 is 8.46. The Bertz CT molecular complexity index is 1680. The number of imidazole rings is 1. The Labute approximate surface area is 249 Å². The lowest BCUT2D eigenvalue weighted by Gasteiger charge is -2.25. The summed E-state index contributed by atoms with van der Waals surface area (Å²) in [6.45, 7) is 2.18. The van der Waals surface area contributed by atoms with E-state index in [-0.39, 0.29) is 18.0 Å². The maximum Gasteiger partial charge on any atom is 0.335 e. The highest BCUT2D eigenvalue weighted by atomic mass is 35.5. The van der Waals surface area contributed by atoms with E-state index in [0.29, 0.717) is 29.0 Å². The molecule has 0 saturated heterocycles. The molecule has 0 aliphatic heterocycles. The second kappa shape index (κ2) is 12.3. The number of hydrogen-bond acceptors (Lipinski definition) is 5. The van der Waals surface area contributed by atoms with Gasteiger partial charge in [0.2, 0.25) is 0 Å². The molecule has 1 saturated carbocycles. The third-order valence-corrected chi connectivity index (χ3v) is 7.74. The first kappa shape index (κ1) is 28.6. The molecule has 9 heteroatoms. The molecule has 6 rings (SSSR count). The van der Waals surface area contributed by atoms with E-state index in [0.717, 1.165) is 52.3 Å². The van der Waals surface area contributed by atoms with Gasteiger partial charge in [0.05, 0.1) is 22.3 Å². The Kier molecular flexibility index (Phi) is 8.57. The maximum atomic E-state index is 11.6. The molecule has 0 atom stereocenters. The van der Waals surface area contributed by atoms with E-state index in [2.05, 4.69) is 14.5 Å². The Morgan fingerprint density at radius 1 is 0.976 bits per heavy atom. The summed E-state index contributed by atoms with van der Waals surface area (Å²) in [6, 6.07) is 21.1. The molecule has 1 fully saturated rings. The van der Waals surface area contributed by atoms with Crippen LogP contribution in [-0.2, 0) is 6.61 Å². The van der Waals surface area contributed by atoms with Gasteiger partial charge in [-0.25, -0.2) is 19.7 Å². The van der Waals surface area contributed by atoms with Gasteiger partial charge in [-0.15, -0.1) is 12.4 Å². The fourth-order valence-corrected chi connectivity index (χ4v) is 5.59. The molecule has 3 aromatic carbocycles.